The standard InChI is InChI=1S/C17H15BrN2O2S/c1-2-22-13-7-8-14-15(9-13)20-17(19-14)23-10-16(21)11-3-5-12(18)6-4-11/h3-9H,2,10H2,1H3,(H,19,20). The fourth-order valence-corrected chi connectivity index (χ4v) is 3.19. The van der Waals surface area contributed by atoms with Crippen LogP contribution in [0.15, 0.2) is 52.1 Å². The molecule has 0 saturated carbocycles. The van der Waals surface area contributed by atoms with Gasteiger partial charge in [0.15, 0.2) is 10.9 Å². The Balaban J connectivity index is 1.69. The largest absolute Gasteiger partial charge is 0.494 e. The third kappa shape index (κ3) is 3.95. The molecular weight excluding hydrogens is 376 g/mol. The Hall–Kier alpha value is -1.79. The van der Waals surface area contributed by atoms with Crippen molar-refractivity contribution in [3.63, 3.8) is 0 Å². The van der Waals surface area contributed by atoms with Crippen LogP contribution in [0, 0.1) is 0 Å². The second-order valence-corrected chi connectivity index (χ2v) is 6.75. The number of hydrogen-bond acceptors (Lipinski definition) is 4. The molecule has 0 amide bonds. The number of nitrogens with zero attached hydrogens (tertiary/aromatic N) is 1. The van der Waals surface area contributed by atoms with Crippen molar-refractivity contribution in [2.24, 2.45) is 0 Å². The highest BCUT2D eigenvalue weighted by atomic mass is 79.9. The van der Waals surface area contributed by atoms with E-state index < -0.39 is 0 Å². The molecule has 0 unspecified atom stereocenters. The SMILES string of the molecule is CCOc1ccc2nc(SCC(=O)c3ccc(Br)cc3)[nH]c2c1. The Labute approximate surface area is 146 Å². The first-order valence-corrected chi connectivity index (χ1v) is 8.97. The molecule has 3 rings (SSSR count). The second-order valence-electron chi connectivity index (χ2n) is 4.87. The maximum atomic E-state index is 12.2. The third-order valence-electron chi connectivity index (χ3n) is 3.25. The van der Waals surface area contributed by atoms with E-state index in [0.29, 0.717) is 17.9 Å². The zero-order valence-electron chi connectivity index (χ0n) is 12.5. The number of carbonyl (C=O) groups is 1. The lowest BCUT2D eigenvalue weighted by molar-refractivity contribution is 0.102. The summed E-state index contributed by atoms with van der Waals surface area (Å²) in [6.45, 7) is 2.58. The first-order valence-electron chi connectivity index (χ1n) is 7.20. The molecule has 2 aromatic carbocycles. The first kappa shape index (κ1) is 16.1. The van der Waals surface area contributed by atoms with Gasteiger partial charge in [0.25, 0.3) is 0 Å². The predicted molar refractivity (Wildman–Crippen MR) is 96.5 cm³/mol. The summed E-state index contributed by atoms with van der Waals surface area (Å²) in [5.74, 6) is 1.24. The fourth-order valence-electron chi connectivity index (χ4n) is 2.14. The zero-order chi connectivity index (χ0) is 16.2. The van der Waals surface area contributed by atoms with Crippen LogP contribution in [0.5, 0.6) is 5.75 Å². The predicted octanol–water partition coefficient (Wildman–Crippen LogP) is 4.70. The van der Waals surface area contributed by atoms with Gasteiger partial charge in [-0.05, 0) is 31.2 Å². The number of ether oxygens (including phenoxy) is 1. The summed E-state index contributed by atoms with van der Waals surface area (Å²) < 4.78 is 6.44. The molecule has 6 heteroatoms. The number of halogens is 1. The number of carbonyl (C=O) groups excluding carboxylic acids is 1. The van der Waals surface area contributed by atoms with Gasteiger partial charge in [-0.15, -0.1) is 0 Å². The normalized spacial score (nSPS) is 10.9. The number of nitrogens with one attached hydrogen (secondary N) is 1. The lowest BCUT2D eigenvalue weighted by Gasteiger charge is -2.00. The lowest BCUT2D eigenvalue weighted by Crippen LogP contribution is -2.02. The van der Waals surface area contributed by atoms with Gasteiger partial charge in [0, 0.05) is 16.1 Å². The number of H-pyrrole nitrogens is 1. The quantitative estimate of drug-likeness (QED) is 0.489. The Morgan fingerprint density at radius 2 is 2.04 bits per heavy atom. The van der Waals surface area contributed by atoms with Crippen molar-refractivity contribution >= 4 is 44.5 Å². The summed E-state index contributed by atoms with van der Waals surface area (Å²) in [6.07, 6.45) is 0. The van der Waals surface area contributed by atoms with E-state index in [1.165, 1.54) is 11.8 Å². The van der Waals surface area contributed by atoms with E-state index in [9.17, 15) is 4.79 Å². The van der Waals surface area contributed by atoms with Gasteiger partial charge >= 0.3 is 0 Å². The molecule has 0 aliphatic rings. The second kappa shape index (κ2) is 7.19. The highest BCUT2D eigenvalue weighted by molar-refractivity contribution is 9.10. The molecule has 0 aliphatic carbocycles. The molecule has 118 valence electrons. The minimum Gasteiger partial charge on any atom is -0.494 e. The summed E-state index contributed by atoms with van der Waals surface area (Å²) in [6, 6.07) is 13.1. The van der Waals surface area contributed by atoms with Gasteiger partial charge in [-0.25, -0.2) is 4.98 Å². The maximum absolute atomic E-state index is 12.2. The number of imidazole rings is 1. The van der Waals surface area contributed by atoms with Gasteiger partial charge in [-0.1, -0.05) is 39.8 Å². The van der Waals surface area contributed by atoms with E-state index in [1.807, 2.05) is 49.4 Å². The smallest absolute Gasteiger partial charge is 0.173 e. The van der Waals surface area contributed by atoms with E-state index >= 15 is 0 Å². The number of benzene rings is 2. The Morgan fingerprint density at radius 3 is 2.78 bits per heavy atom. The number of aromatic amines is 1. The molecule has 3 aromatic rings. The minimum atomic E-state index is 0.0814. The van der Waals surface area contributed by atoms with Crippen LogP contribution in [0.4, 0.5) is 0 Å². The van der Waals surface area contributed by atoms with Crippen LogP contribution in [0.2, 0.25) is 0 Å². The van der Waals surface area contributed by atoms with Crippen molar-refractivity contribution in [1.82, 2.24) is 9.97 Å². The number of Topliss-reactive ketones (excluding diaryl/α,β-unsaturated/α-hetero) is 1. The van der Waals surface area contributed by atoms with Gasteiger partial charge in [0.2, 0.25) is 0 Å². The molecule has 1 heterocycles. The van der Waals surface area contributed by atoms with E-state index in [0.717, 1.165) is 26.4 Å². The molecular formula is C17H15BrN2O2S. The van der Waals surface area contributed by atoms with Crippen LogP contribution >= 0.6 is 27.7 Å². The number of rotatable bonds is 6. The lowest BCUT2D eigenvalue weighted by atomic mass is 10.2. The summed E-state index contributed by atoms with van der Waals surface area (Å²) in [5, 5.41) is 0.735. The number of ketones is 1. The maximum Gasteiger partial charge on any atom is 0.173 e. The van der Waals surface area contributed by atoms with Gasteiger partial charge < -0.3 is 9.72 Å². The first-order chi connectivity index (χ1) is 11.2. The topological polar surface area (TPSA) is 55.0 Å². The number of thioether (sulfide) groups is 1. The number of aromatic nitrogens is 2. The van der Waals surface area contributed by atoms with E-state index in [4.69, 9.17) is 4.74 Å². The van der Waals surface area contributed by atoms with Crippen molar-refractivity contribution in [1.29, 1.82) is 0 Å². The van der Waals surface area contributed by atoms with Gasteiger partial charge in [-0.3, -0.25) is 4.79 Å². The minimum absolute atomic E-state index is 0.0814. The zero-order valence-corrected chi connectivity index (χ0v) is 14.9. The molecule has 0 fully saturated rings. The van der Waals surface area contributed by atoms with E-state index in [2.05, 4.69) is 25.9 Å². The molecule has 0 saturated heterocycles. The highest BCUT2D eigenvalue weighted by Crippen LogP contribution is 2.24. The summed E-state index contributed by atoms with van der Waals surface area (Å²) in [4.78, 5) is 19.9. The van der Waals surface area contributed by atoms with Crippen LogP contribution in [0.1, 0.15) is 17.3 Å². The van der Waals surface area contributed by atoms with Gasteiger partial charge in [0.1, 0.15) is 5.75 Å². The molecule has 0 spiro atoms. The summed E-state index contributed by atoms with van der Waals surface area (Å²) >= 11 is 4.77. The van der Waals surface area contributed by atoms with Crippen LogP contribution in [0.3, 0.4) is 0 Å². The number of fused-ring (bicyclic) bond motifs is 1. The van der Waals surface area contributed by atoms with E-state index in [-0.39, 0.29) is 5.78 Å². The summed E-state index contributed by atoms with van der Waals surface area (Å²) in [5.41, 5.74) is 2.48. The van der Waals surface area contributed by atoms with Crippen molar-refractivity contribution in [2.75, 3.05) is 12.4 Å². The molecule has 23 heavy (non-hydrogen) atoms. The fraction of sp³-hybridized carbons (Fsp3) is 0.176. The van der Waals surface area contributed by atoms with Crippen LogP contribution in [0.25, 0.3) is 11.0 Å². The average Bonchev–Trinajstić information content (AvgIpc) is 2.96. The molecule has 0 atom stereocenters. The molecule has 0 bridgehead atoms. The van der Waals surface area contributed by atoms with E-state index in [1.54, 1.807) is 0 Å². The van der Waals surface area contributed by atoms with Crippen LogP contribution in [-0.4, -0.2) is 28.1 Å². The Bertz CT molecular complexity index is 830. The van der Waals surface area contributed by atoms with Gasteiger partial charge in [0.05, 0.1) is 23.4 Å². The Kier molecular flexibility index (Phi) is 5.03. The average molecular weight is 391 g/mol. The molecule has 1 aromatic heterocycles. The monoisotopic (exact) mass is 390 g/mol. The Morgan fingerprint density at radius 1 is 1.26 bits per heavy atom. The molecule has 4 nitrogen and oxygen atoms in total. The third-order valence-corrected chi connectivity index (χ3v) is 4.65. The van der Waals surface area contributed by atoms with Gasteiger partial charge in [-0.2, -0.15) is 0 Å². The number of hydrogen-bond donors (Lipinski definition) is 1. The van der Waals surface area contributed by atoms with Crippen LogP contribution in [-0.2, 0) is 0 Å². The van der Waals surface area contributed by atoms with Crippen molar-refractivity contribution in [3.05, 3.63) is 52.5 Å². The molecule has 0 aliphatic heterocycles. The highest BCUT2D eigenvalue weighted by Gasteiger charge is 2.10. The molecule has 0 radical (unpaired) electrons. The van der Waals surface area contributed by atoms with Crippen LogP contribution < -0.4 is 4.74 Å². The van der Waals surface area contributed by atoms with Crippen molar-refractivity contribution in [2.45, 2.75) is 12.1 Å². The van der Waals surface area contributed by atoms with Crippen molar-refractivity contribution in [3.8, 4) is 5.75 Å². The van der Waals surface area contributed by atoms with Crippen molar-refractivity contribution < 1.29 is 9.53 Å². The molecule has 1 N–H and O–H groups in total. The summed E-state index contributed by atoms with van der Waals surface area (Å²) in [7, 11) is 0.